The van der Waals surface area contributed by atoms with Crippen molar-refractivity contribution in [3.8, 4) is 22.5 Å². The minimum Gasteiger partial charge on any atom is -0.390 e. The number of rotatable bonds is 3. The topological polar surface area (TPSA) is 102 Å². The second-order valence-electron chi connectivity index (χ2n) is 8.80. The van der Waals surface area contributed by atoms with Crippen molar-refractivity contribution in [3.05, 3.63) is 72.8 Å². The smallest absolute Gasteiger partial charge is 0.153 e. The van der Waals surface area contributed by atoms with Crippen LogP contribution < -0.4 is 5.73 Å². The summed E-state index contributed by atoms with van der Waals surface area (Å²) in [5.41, 5.74) is 10.8. The molecule has 0 unspecified atom stereocenters. The summed E-state index contributed by atoms with van der Waals surface area (Å²) in [7, 11) is 0. The largest absolute Gasteiger partial charge is 0.390 e. The molecule has 6 rings (SSSR count). The number of aromatic nitrogens is 5. The van der Waals surface area contributed by atoms with E-state index in [1.807, 2.05) is 49.4 Å². The zero-order valence-electron chi connectivity index (χ0n) is 17.6. The van der Waals surface area contributed by atoms with E-state index >= 15 is 0 Å². The fourth-order valence-corrected chi connectivity index (χ4v) is 4.66. The fraction of sp³-hybridized carbons (Fsp3) is 0.200. The number of anilines is 1. The lowest BCUT2D eigenvalue weighted by molar-refractivity contribution is -0.0337. The number of fused-ring (bicyclic) bond motifs is 2. The Balaban J connectivity index is 1.50. The summed E-state index contributed by atoms with van der Waals surface area (Å²) in [4.78, 5) is 14.0. The number of hydrogen-bond acceptors (Lipinski definition) is 6. The summed E-state index contributed by atoms with van der Waals surface area (Å²) in [5.74, 6) is 1.32. The van der Waals surface area contributed by atoms with Crippen LogP contribution in [0.5, 0.6) is 0 Å². The minimum atomic E-state index is -0.657. The van der Waals surface area contributed by atoms with Crippen molar-refractivity contribution in [1.29, 1.82) is 0 Å². The number of pyridine rings is 1. The van der Waals surface area contributed by atoms with Crippen LogP contribution in [0.4, 0.5) is 5.82 Å². The number of nitrogen functional groups attached to an aromatic ring is 1. The number of hydrogen-bond donors (Lipinski definition) is 2. The lowest BCUT2D eigenvalue weighted by atomic mass is 9.72. The Morgan fingerprint density at radius 2 is 1.78 bits per heavy atom. The van der Waals surface area contributed by atoms with E-state index in [0.717, 1.165) is 39.2 Å². The van der Waals surface area contributed by atoms with Crippen LogP contribution in [0.15, 0.2) is 67.0 Å². The molecule has 0 aliphatic heterocycles. The Hall–Kier alpha value is -3.84. The maximum Gasteiger partial charge on any atom is 0.153 e. The van der Waals surface area contributed by atoms with Gasteiger partial charge in [-0.05, 0) is 31.9 Å². The first-order chi connectivity index (χ1) is 15.5. The third-order valence-electron chi connectivity index (χ3n) is 6.26. The molecule has 0 spiro atoms. The summed E-state index contributed by atoms with van der Waals surface area (Å²) in [5, 5.41) is 15.7. The van der Waals surface area contributed by atoms with Crippen molar-refractivity contribution in [1.82, 2.24) is 24.6 Å². The Bertz CT molecular complexity index is 1470. The monoisotopic (exact) mass is 422 g/mol. The van der Waals surface area contributed by atoms with Crippen molar-refractivity contribution >= 4 is 22.2 Å². The predicted octanol–water partition coefficient (Wildman–Crippen LogP) is 4.22. The summed E-state index contributed by atoms with van der Waals surface area (Å²) in [6.45, 7) is 1.85. The van der Waals surface area contributed by atoms with Crippen LogP contribution in [0.25, 0.3) is 38.9 Å². The summed E-state index contributed by atoms with van der Waals surface area (Å²) >= 11 is 0. The van der Waals surface area contributed by atoms with Crippen LogP contribution in [0.2, 0.25) is 0 Å². The molecule has 3 N–H and O–H groups in total. The molecule has 0 bridgehead atoms. The molecule has 1 aliphatic carbocycles. The maximum atomic E-state index is 10.2. The second-order valence-corrected chi connectivity index (χ2v) is 8.80. The first-order valence-corrected chi connectivity index (χ1v) is 10.7. The first-order valence-electron chi connectivity index (χ1n) is 10.7. The lowest BCUT2D eigenvalue weighted by Gasteiger charge is -2.39. The van der Waals surface area contributed by atoms with Crippen molar-refractivity contribution in [3.63, 3.8) is 0 Å². The third kappa shape index (κ3) is 3.01. The van der Waals surface area contributed by atoms with Gasteiger partial charge < -0.3 is 10.8 Å². The molecule has 2 aromatic carbocycles. The summed E-state index contributed by atoms with van der Waals surface area (Å²) in [6, 6.07) is 20.4. The van der Waals surface area contributed by atoms with Gasteiger partial charge in [0.05, 0.1) is 16.8 Å². The van der Waals surface area contributed by atoms with Crippen LogP contribution in [0.3, 0.4) is 0 Å². The third-order valence-corrected chi connectivity index (χ3v) is 6.26. The fourth-order valence-electron chi connectivity index (χ4n) is 4.66. The maximum absolute atomic E-state index is 10.2. The van der Waals surface area contributed by atoms with E-state index < -0.39 is 5.60 Å². The zero-order valence-corrected chi connectivity index (χ0v) is 17.6. The molecule has 0 radical (unpaired) electrons. The van der Waals surface area contributed by atoms with Crippen LogP contribution in [-0.4, -0.2) is 35.3 Å². The van der Waals surface area contributed by atoms with E-state index in [1.54, 1.807) is 4.52 Å². The number of aliphatic hydroxyl groups is 1. The van der Waals surface area contributed by atoms with E-state index in [1.165, 1.54) is 6.33 Å². The van der Waals surface area contributed by atoms with Gasteiger partial charge in [-0.15, -0.1) is 0 Å². The zero-order chi connectivity index (χ0) is 21.9. The molecule has 1 saturated carbocycles. The van der Waals surface area contributed by atoms with E-state index in [9.17, 15) is 5.11 Å². The van der Waals surface area contributed by atoms with E-state index in [-0.39, 0.29) is 5.92 Å². The standard InChI is InChI=1S/C25H22N6O/c1-25(32)12-18(13-25)24-30-21(22-23(26)27-14-28-31(22)24)17-8-7-16-9-10-19(29-20(16)11-17)15-5-3-2-4-6-15/h2-11,14,18,32H,12-13H2,1H3,(H2,26,27,28). The molecule has 3 heterocycles. The molecule has 1 fully saturated rings. The predicted molar refractivity (Wildman–Crippen MR) is 124 cm³/mol. The molecule has 158 valence electrons. The molecular formula is C25H22N6O. The lowest BCUT2D eigenvalue weighted by Crippen LogP contribution is -2.40. The molecule has 5 aromatic rings. The minimum absolute atomic E-state index is 0.129. The van der Waals surface area contributed by atoms with Crippen LogP contribution >= 0.6 is 0 Å². The average Bonchev–Trinajstić information content (AvgIpc) is 3.18. The molecule has 7 heteroatoms. The highest BCUT2D eigenvalue weighted by atomic mass is 16.3. The highest BCUT2D eigenvalue weighted by Crippen LogP contribution is 2.45. The molecule has 3 aromatic heterocycles. The summed E-state index contributed by atoms with van der Waals surface area (Å²) in [6.07, 6.45) is 2.74. The van der Waals surface area contributed by atoms with Gasteiger partial charge in [-0.3, -0.25) is 0 Å². The van der Waals surface area contributed by atoms with Gasteiger partial charge in [-0.1, -0.05) is 48.5 Å². The van der Waals surface area contributed by atoms with Gasteiger partial charge in [0, 0.05) is 22.4 Å². The van der Waals surface area contributed by atoms with Crippen LogP contribution in [-0.2, 0) is 0 Å². The SMILES string of the molecule is CC1(O)CC(c2nc(-c3ccc4ccc(-c5ccccc5)nc4c3)c3c(N)ncnn23)C1. The molecule has 32 heavy (non-hydrogen) atoms. The molecule has 7 nitrogen and oxygen atoms in total. The second kappa shape index (κ2) is 6.83. The number of imidazole rings is 1. The molecular weight excluding hydrogens is 400 g/mol. The molecule has 0 amide bonds. The van der Waals surface area contributed by atoms with Crippen LogP contribution in [0, 0.1) is 0 Å². The van der Waals surface area contributed by atoms with Gasteiger partial charge in [-0.25, -0.2) is 19.5 Å². The Kier molecular flexibility index (Phi) is 4.03. The number of nitrogens with zero attached hydrogens (tertiary/aromatic N) is 5. The van der Waals surface area contributed by atoms with Gasteiger partial charge >= 0.3 is 0 Å². The highest BCUT2D eigenvalue weighted by Gasteiger charge is 2.42. The van der Waals surface area contributed by atoms with Gasteiger partial charge in [0.1, 0.15) is 23.4 Å². The van der Waals surface area contributed by atoms with Gasteiger partial charge in [0.15, 0.2) is 5.82 Å². The van der Waals surface area contributed by atoms with Gasteiger partial charge in [0.25, 0.3) is 0 Å². The average molecular weight is 422 g/mol. The van der Waals surface area contributed by atoms with Gasteiger partial charge in [-0.2, -0.15) is 5.10 Å². The van der Waals surface area contributed by atoms with E-state index in [0.29, 0.717) is 24.2 Å². The number of benzene rings is 2. The van der Waals surface area contributed by atoms with Crippen molar-refractivity contribution in [2.24, 2.45) is 0 Å². The van der Waals surface area contributed by atoms with Crippen LogP contribution in [0.1, 0.15) is 31.5 Å². The molecule has 0 saturated heterocycles. The van der Waals surface area contributed by atoms with E-state index in [2.05, 4.69) is 28.3 Å². The summed E-state index contributed by atoms with van der Waals surface area (Å²) < 4.78 is 1.77. The van der Waals surface area contributed by atoms with Crippen molar-refractivity contribution < 1.29 is 5.11 Å². The molecule has 0 atom stereocenters. The Labute approximate surface area is 184 Å². The highest BCUT2D eigenvalue weighted by molar-refractivity contribution is 5.91. The number of nitrogens with two attached hydrogens (primary N) is 1. The Morgan fingerprint density at radius 3 is 2.56 bits per heavy atom. The Morgan fingerprint density at radius 1 is 1.00 bits per heavy atom. The normalized spacial score (nSPS) is 20.5. The van der Waals surface area contributed by atoms with E-state index in [4.69, 9.17) is 15.7 Å². The quantitative estimate of drug-likeness (QED) is 0.451. The first kappa shape index (κ1) is 18.9. The van der Waals surface area contributed by atoms with Crippen molar-refractivity contribution in [2.45, 2.75) is 31.3 Å². The van der Waals surface area contributed by atoms with Gasteiger partial charge in [0.2, 0.25) is 0 Å². The molecule has 1 aliphatic rings. The van der Waals surface area contributed by atoms with Crippen molar-refractivity contribution in [2.75, 3.05) is 5.73 Å².